The van der Waals surface area contributed by atoms with Gasteiger partial charge >= 0.3 is 11.9 Å². The highest BCUT2D eigenvalue weighted by Gasteiger charge is 2.49. The first-order valence-electron chi connectivity index (χ1n) is 6.22. The second-order valence-corrected chi connectivity index (χ2v) is 4.84. The number of hydrogen-bond donors (Lipinski definition) is 3. The maximum absolute atomic E-state index is 11.4. The van der Waals surface area contributed by atoms with Gasteiger partial charge < -0.3 is 20.7 Å². The summed E-state index contributed by atoms with van der Waals surface area (Å²) < 4.78 is 5.15. The van der Waals surface area contributed by atoms with Gasteiger partial charge in [-0.3, -0.25) is 4.79 Å². The molecule has 7 nitrogen and oxygen atoms in total. The number of nitrogens with two attached hydrogens (primary N) is 1. The van der Waals surface area contributed by atoms with Crippen LogP contribution in [0.25, 0.3) is 0 Å². The van der Waals surface area contributed by atoms with E-state index in [2.05, 4.69) is 0 Å². The normalized spacial score (nSPS) is 11.4. The average Bonchev–Trinajstić information content (AvgIpc) is 2.37. The van der Waals surface area contributed by atoms with Gasteiger partial charge in [-0.25, -0.2) is 9.59 Å². The van der Waals surface area contributed by atoms with E-state index < -0.39 is 29.6 Å². The number of amides is 1. The predicted molar refractivity (Wildman–Crippen MR) is 72.9 cm³/mol. The molecule has 1 rings (SSSR count). The van der Waals surface area contributed by atoms with Gasteiger partial charge in [0, 0.05) is 12.0 Å². The number of carboxylic acid groups (broad SMARTS) is 2. The minimum Gasteiger partial charge on any atom is -0.479 e. The van der Waals surface area contributed by atoms with Gasteiger partial charge in [0.05, 0.1) is 6.10 Å². The Labute approximate surface area is 121 Å². The van der Waals surface area contributed by atoms with Crippen LogP contribution in [0.2, 0.25) is 0 Å². The first-order valence-corrected chi connectivity index (χ1v) is 6.22. The summed E-state index contributed by atoms with van der Waals surface area (Å²) >= 11 is 0. The Morgan fingerprint density at radius 2 is 1.62 bits per heavy atom. The standard InChI is InChI=1S/C14H17NO6/c1-8(2)21-14(12(17)18,13(19)20)7-9-3-5-10(6-4-9)11(15)16/h3-6,8H,7H2,1-2H3,(H2,15,16)(H,17,18)(H,19,20). The van der Waals surface area contributed by atoms with Gasteiger partial charge in [-0.2, -0.15) is 0 Å². The topological polar surface area (TPSA) is 127 Å². The van der Waals surface area contributed by atoms with E-state index in [-0.39, 0.29) is 12.0 Å². The zero-order chi connectivity index (χ0) is 16.2. The highest BCUT2D eigenvalue weighted by Crippen LogP contribution is 2.22. The number of aliphatic carboxylic acids is 2. The van der Waals surface area contributed by atoms with Crippen LogP contribution in [-0.4, -0.2) is 39.8 Å². The molecule has 0 fully saturated rings. The fourth-order valence-corrected chi connectivity index (χ4v) is 1.86. The number of ether oxygens (including phenoxy) is 1. The molecule has 0 atom stereocenters. The number of carboxylic acids is 2. The Balaban J connectivity index is 3.13. The average molecular weight is 295 g/mol. The van der Waals surface area contributed by atoms with Gasteiger partial charge in [-0.1, -0.05) is 12.1 Å². The Morgan fingerprint density at radius 3 is 1.95 bits per heavy atom. The van der Waals surface area contributed by atoms with Crippen LogP contribution in [0.3, 0.4) is 0 Å². The molecule has 114 valence electrons. The molecule has 0 aromatic heterocycles. The van der Waals surface area contributed by atoms with Crippen LogP contribution in [0.15, 0.2) is 24.3 Å². The van der Waals surface area contributed by atoms with E-state index >= 15 is 0 Å². The molecule has 1 aromatic carbocycles. The minimum atomic E-state index is -2.37. The summed E-state index contributed by atoms with van der Waals surface area (Å²) in [5, 5.41) is 18.5. The van der Waals surface area contributed by atoms with E-state index in [1.54, 1.807) is 13.8 Å². The first-order chi connectivity index (χ1) is 9.69. The zero-order valence-corrected chi connectivity index (χ0v) is 11.7. The van der Waals surface area contributed by atoms with Crippen LogP contribution in [0.5, 0.6) is 0 Å². The van der Waals surface area contributed by atoms with Gasteiger partial charge in [-0.05, 0) is 31.5 Å². The number of hydrogen-bond acceptors (Lipinski definition) is 4. The number of carbonyl (C=O) groups is 3. The maximum atomic E-state index is 11.4. The lowest BCUT2D eigenvalue weighted by atomic mass is 9.93. The molecular formula is C14H17NO6. The lowest BCUT2D eigenvalue weighted by Crippen LogP contribution is -2.52. The minimum absolute atomic E-state index is 0.250. The van der Waals surface area contributed by atoms with Crippen LogP contribution in [0.4, 0.5) is 0 Å². The summed E-state index contributed by atoms with van der Waals surface area (Å²) in [5.74, 6) is -3.78. The highest BCUT2D eigenvalue weighted by molar-refractivity contribution is 6.02. The molecule has 4 N–H and O–H groups in total. The molecule has 0 aliphatic carbocycles. The fraction of sp³-hybridized carbons (Fsp3) is 0.357. The van der Waals surface area contributed by atoms with Gasteiger partial charge in [0.1, 0.15) is 0 Å². The van der Waals surface area contributed by atoms with Gasteiger partial charge in [-0.15, -0.1) is 0 Å². The van der Waals surface area contributed by atoms with Crippen LogP contribution < -0.4 is 5.73 Å². The van der Waals surface area contributed by atoms with Gasteiger partial charge in [0.25, 0.3) is 5.60 Å². The SMILES string of the molecule is CC(C)OC(Cc1ccc(C(N)=O)cc1)(C(=O)O)C(=O)O. The van der Waals surface area contributed by atoms with Crippen molar-refractivity contribution < 1.29 is 29.3 Å². The van der Waals surface area contributed by atoms with Gasteiger partial charge in [0.2, 0.25) is 5.91 Å². The van der Waals surface area contributed by atoms with Crippen LogP contribution in [-0.2, 0) is 20.7 Å². The number of primary amides is 1. The Morgan fingerprint density at radius 1 is 1.14 bits per heavy atom. The van der Waals surface area contributed by atoms with Crippen molar-refractivity contribution in [3.63, 3.8) is 0 Å². The Hall–Kier alpha value is -2.41. The lowest BCUT2D eigenvalue weighted by Gasteiger charge is -2.27. The second kappa shape index (κ2) is 6.36. The number of rotatable bonds is 7. The Kier molecular flexibility index (Phi) is 5.04. The largest absolute Gasteiger partial charge is 0.479 e. The third-order valence-corrected chi connectivity index (χ3v) is 2.82. The molecule has 0 saturated carbocycles. The molecule has 0 heterocycles. The van der Waals surface area contributed by atoms with Crippen molar-refractivity contribution in [1.29, 1.82) is 0 Å². The lowest BCUT2D eigenvalue weighted by molar-refractivity contribution is -0.188. The second-order valence-electron chi connectivity index (χ2n) is 4.84. The van der Waals surface area contributed by atoms with E-state index in [1.807, 2.05) is 0 Å². The molecule has 0 saturated heterocycles. The molecular weight excluding hydrogens is 278 g/mol. The van der Waals surface area contributed by atoms with Crippen molar-refractivity contribution in [2.75, 3.05) is 0 Å². The molecule has 1 amide bonds. The van der Waals surface area contributed by atoms with E-state index in [9.17, 15) is 24.6 Å². The van der Waals surface area contributed by atoms with Gasteiger partial charge in [0.15, 0.2) is 0 Å². The summed E-state index contributed by atoms with van der Waals surface area (Å²) in [5.41, 5.74) is 3.39. The molecule has 0 aliphatic rings. The smallest absolute Gasteiger partial charge is 0.348 e. The summed E-state index contributed by atoms with van der Waals surface area (Å²) in [7, 11) is 0. The third-order valence-electron chi connectivity index (χ3n) is 2.82. The molecule has 0 unspecified atom stereocenters. The molecule has 0 aliphatic heterocycles. The third kappa shape index (κ3) is 3.79. The molecule has 1 aromatic rings. The summed E-state index contributed by atoms with van der Waals surface area (Å²) in [6.45, 7) is 3.10. The molecule has 0 spiro atoms. The maximum Gasteiger partial charge on any atom is 0.348 e. The highest BCUT2D eigenvalue weighted by atomic mass is 16.6. The van der Waals surface area contributed by atoms with E-state index in [0.717, 1.165) is 0 Å². The van der Waals surface area contributed by atoms with Crippen molar-refractivity contribution >= 4 is 17.8 Å². The number of benzene rings is 1. The van der Waals surface area contributed by atoms with Crippen molar-refractivity contribution in [1.82, 2.24) is 0 Å². The van der Waals surface area contributed by atoms with Crippen molar-refractivity contribution in [2.45, 2.75) is 32.0 Å². The van der Waals surface area contributed by atoms with Crippen molar-refractivity contribution in [2.24, 2.45) is 5.73 Å². The monoisotopic (exact) mass is 295 g/mol. The Bertz CT molecular complexity index is 535. The zero-order valence-electron chi connectivity index (χ0n) is 11.7. The number of carbonyl (C=O) groups excluding carboxylic acids is 1. The predicted octanol–water partition coefficient (Wildman–Crippen LogP) is 0.661. The molecule has 0 bridgehead atoms. The molecule has 7 heteroatoms. The molecule has 21 heavy (non-hydrogen) atoms. The van der Waals surface area contributed by atoms with Crippen molar-refractivity contribution in [3.8, 4) is 0 Å². The van der Waals surface area contributed by atoms with E-state index in [4.69, 9.17) is 10.5 Å². The quantitative estimate of drug-likeness (QED) is 0.634. The van der Waals surface area contributed by atoms with Crippen LogP contribution >= 0.6 is 0 Å². The summed E-state index contributed by atoms with van der Waals surface area (Å²) in [4.78, 5) is 33.8. The van der Waals surface area contributed by atoms with E-state index in [0.29, 0.717) is 5.56 Å². The fourth-order valence-electron chi connectivity index (χ4n) is 1.86. The summed E-state index contributed by atoms with van der Waals surface area (Å²) in [6, 6.07) is 5.71. The first kappa shape index (κ1) is 16.6. The van der Waals surface area contributed by atoms with E-state index in [1.165, 1.54) is 24.3 Å². The van der Waals surface area contributed by atoms with Crippen LogP contribution in [0, 0.1) is 0 Å². The molecule has 0 radical (unpaired) electrons. The van der Waals surface area contributed by atoms with Crippen molar-refractivity contribution in [3.05, 3.63) is 35.4 Å². The summed E-state index contributed by atoms with van der Waals surface area (Å²) in [6.07, 6.45) is -0.948. The van der Waals surface area contributed by atoms with Crippen LogP contribution in [0.1, 0.15) is 29.8 Å².